The van der Waals surface area contributed by atoms with Crippen molar-refractivity contribution in [2.75, 3.05) is 5.43 Å². The van der Waals surface area contributed by atoms with Crippen LogP contribution in [0.5, 0.6) is 0 Å². The van der Waals surface area contributed by atoms with Gasteiger partial charge in [0.2, 0.25) is 5.71 Å². The molecule has 0 saturated heterocycles. The van der Waals surface area contributed by atoms with Gasteiger partial charge in [0.25, 0.3) is 0 Å². The number of aryl methyl sites for hydroxylation is 1. The molecule has 6 heteroatoms. The van der Waals surface area contributed by atoms with Crippen LogP contribution in [-0.2, 0) is 7.05 Å². The summed E-state index contributed by atoms with van der Waals surface area (Å²) < 4.78 is 1.72. The first-order valence-electron chi connectivity index (χ1n) is 5.47. The number of nitrogens with zero attached hydrogens (tertiary/aromatic N) is 5. The fraction of sp³-hybridized carbons (Fsp3) is 0.0769. The van der Waals surface area contributed by atoms with E-state index in [2.05, 4.69) is 15.6 Å². The Morgan fingerprint density at radius 2 is 2.11 bits per heavy atom. The van der Waals surface area contributed by atoms with E-state index in [1.165, 1.54) is 0 Å². The molecule has 1 N–H and O–H groups in total. The standard InChI is InChI=1S/C13H10N6/c1-19-6-5-13(18-19)10-3-2-4-11(7-10)16-17-12(8-14)9-15/h2-7,16H,1H3. The van der Waals surface area contributed by atoms with Crippen LogP contribution in [0.25, 0.3) is 11.3 Å². The maximum atomic E-state index is 8.58. The zero-order valence-electron chi connectivity index (χ0n) is 10.2. The first kappa shape index (κ1) is 12.3. The van der Waals surface area contributed by atoms with E-state index in [9.17, 15) is 0 Å². The quantitative estimate of drug-likeness (QED) is 0.665. The minimum Gasteiger partial charge on any atom is -0.276 e. The third-order valence-electron chi connectivity index (χ3n) is 2.38. The molecule has 0 aliphatic carbocycles. The lowest BCUT2D eigenvalue weighted by Crippen LogP contribution is -1.96. The second kappa shape index (κ2) is 5.48. The zero-order valence-corrected chi connectivity index (χ0v) is 10.2. The van der Waals surface area contributed by atoms with Gasteiger partial charge < -0.3 is 0 Å². The van der Waals surface area contributed by atoms with Gasteiger partial charge >= 0.3 is 0 Å². The predicted octanol–water partition coefficient (Wildman–Crippen LogP) is 1.90. The zero-order chi connectivity index (χ0) is 13.7. The Labute approximate surface area is 110 Å². The average Bonchev–Trinajstić information content (AvgIpc) is 2.87. The molecule has 6 nitrogen and oxygen atoms in total. The summed E-state index contributed by atoms with van der Waals surface area (Å²) >= 11 is 0. The van der Waals surface area contributed by atoms with Gasteiger partial charge in [-0.05, 0) is 18.2 Å². The van der Waals surface area contributed by atoms with Crippen LogP contribution in [0.1, 0.15) is 0 Å². The maximum Gasteiger partial charge on any atom is 0.237 e. The topological polar surface area (TPSA) is 89.8 Å². The van der Waals surface area contributed by atoms with Crippen molar-refractivity contribution in [1.29, 1.82) is 10.5 Å². The Kier molecular flexibility index (Phi) is 3.56. The summed E-state index contributed by atoms with van der Waals surface area (Å²) in [5.41, 5.74) is 4.91. The average molecular weight is 250 g/mol. The molecule has 0 unspecified atom stereocenters. The summed E-state index contributed by atoms with van der Waals surface area (Å²) in [4.78, 5) is 0. The molecular formula is C13H10N6. The third-order valence-corrected chi connectivity index (χ3v) is 2.38. The number of hydrogen-bond acceptors (Lipinski definition) is 5. The minimum atomic E-state index is -0.219. The maximum absolute atomic E-state index is 8.58. The highest BCUT2D eigenvalue weighted by Crippen LogP contribution is 2.20. The molecule has 0 saturated carbocycles. The normalized spacial score (nSPS) is 9.21. The highest BCUT2D eigenvalue weighted by molar-refractivity contribution is 6.10. The van der Waals surface area contributed by atoms with Crippen molar-refractivity contribution in [2.24, 2.45) is 12.1 Å². The Morgan fingerprint density at radius 1 is 1.32 bits per heavy atom. The molecule has 2 rings (SSSR count). The van der Waals surface area contributed by atoms with Crippen LogP contribution in [0.4, 0.5) is 5.69 Å². The Balaban J connectivity index is 2.24. The molecule has 0 radical (unpaired) electrons. The van der Waals surface area contributed by atoms with Gasteiger partial charge in [-0.2, -0.15) is 20.7 Å². The number of nitrogens with one attached hydrogen (secondary N) is 1. The van der Waals surface area contributed by atoms with Crippen molar-refractivity contribution in [3.8, 4) is 23.4 Å². The third kappa shape index (κ3) is 2.96. The smallest absolute Gasteiger partial charge is 0.237 e. The van der Waals surface area contributed by atoms with Gasteiger partial charge in [-0.25, -0.2) is 0 Å². The number of anilines is 1. The SMILES string of the molecule is Cn1ccc(-c2cccc(NN=C(C#N)C#N)c2)n1. The summed E-state index contributed by atoms with van der Waals surface area (Å²) in [5, 5.41) is 25.2. The molecule has 92 valence electrons. The highest BCUT2D eigenvalue weighted by atomic mass is 15.3. The first-order chi connectivity index (χ1) is 9.22. The van der Waals surface area contributed by atoms with Gasteiger partial charge in [0, 0.05) is 18.8 Å². The van der Waals surface area contributed by atoms with E-state index in [0.717, 1.165) is 11.3 Å². The fourth-order valence-electron chi connectivity index (χ4n) is 1.51. The minimum absolute atomic E-state index is 0.219. The van der Waals surface area contributed by atoms with Crippen LogP contribution < -0.4 is 5.43 Å². The summed E-state index contributed by atoms with van der Waals surface area (Å²) in [6.45, 7) is 0. The Morgan fingerprint density at radius 3 is 2.74 bits per heavy atom. The molecule has 1 aromatic carbocycles. The lowest BCUT2D eigenvalue weighted by atomic mass is 10.1. The van der Waals surface area contributed by atoms with Crippen LogP contribution in [0.15, 0.2) is 41.6 Å². The Bertz CT molecular complexity index is 682. The largest absolute Gasteiger partial charge is 0.276 e. The second-order valence-corrected chi connectivity index (χ2v) is 3.75. The monoisotopic (exact) mass is 250 g/mol. The van der Waals surface area contributed by atoms with Crippen LogP contribution in [-0.4, -0.2) is 15.5 Å². The molecule has 2 aromatic rings. The molecule has 0 bridgehead atoms. The summed E-state index contributed by atoms with van der Waals surface area (Å²) in [6, 6.07) is 12.7. The lowest BCUT2D eigenvalue weighted by Gasteiger charge is -2.02. The van der Waals surface area contributed by atoms with E-state index in [1.807, 2.05) is 37.5 Å². The van der Waals surface area contributed by atoms with Gasteiger partial charge in [0.1, 0.15) is 12.1 Å². The van der Waals surface area contributed by atoms with E-state index < -0.39 is 0 Å². The van der Waals surface area contributed by atoms with E-state index >= 15 is 0 Å². The van der Waals surface area contributed by atoms with Crippen LogP contribution in [0, 0.1) is 22.7 Å². The van der Waals surface area contributed by atoms with Gasteiger partial charge in [0.05, 0.1) is 11.4 Å². The van der Waals surface area contributed by atoms with Gasteiger partial charge in [-0.3, -0.25) is 10.1 Å². The van der Waals surface area contributed by atoms with E-state index in [4.69, 9.17) is 10.5 Å². The van der Waals surface area contributed by atoms with Crippen LogP contribution >= 0.6 is 0 Å². The van der Waals surface area contributed by atoms with Crippen LogP contribution in [0.2, 0.25) is 0 Å². The number of benzene rings is 1. The molecule has 0 amide bonds. The molecular weight excluding hydrogens is 240 g/mol. The van der Waals surface area contributed by atoms with Crippen molar-refractivity contribution in [3.63, 3.8) is 0 Å². The van der Waals surface area contributed by atoms with Crippen LogP contribution in [0.3, 0.4) is 0 Å². The molecule has 0 spiro atoms. The summed E-state index contributed by atoms with van der Waals surface area (Å²) in [6.07, 6.45) is 1.86. The fourth-order valence-corrected chi connectivity index (χ4v) is 1.51. The molecule has 19 heavy (non-hydrogen) atoms. The van der Waals surface area contributed by atoms with Crippen molar-refractivity contribution in [3.05, 3.63) is 36.5 Å². The number of hydrazone groups is 1. The van der Waals surface area contributed by atoms with Crippen molar-refractivity contribution in [2.45, 2.75) is 0 Å². The summed E-state index contributed by atoms with van der Waals surface area (Å²) in [5.74, 6) is 0. The first-order valence-corrected chi connectivity index (χ1v) is 5.47. The number of aromatic nitrogens is 2. The number of nitriles is 2. The molecule has 1 aromatic heterocycles. The molecule has 1 heterocycles. The van der Waals surface area contributed by atoms with E-state index in [1.54, 1.807) is 22.9 Å². The number of rotatable bonds is 3. The van der Waals surface area contributed by atoms with Crippen molar-refractivity contribution in [1.82, 2.24) is 9.78 Å². The van der Waals surface area contributed by atoms with Crippen molar-refractivity contribution >= 4 is 11.4 Å². The predicted molar refractivity (Wildman–Crippen MR) is 70.9 cm³/mol. The molecule has 0 atom stereocenters. The van der Waals surface area contributed by atoms with Crippen molar-refractivity contribution < 1.29 is 0 Å². The lowest BCUT2D eigenvalue weighted by molar-refractivity contribution is 0.771. The number of hydrogen-bond donors (Lipinski definition) is 1. The van der Waals surface area contributed by atoms with E-state index in [0.29, 0.717) is 5.69 Å². The molecule has 0 aliphatic heterocycles. The Hall–Kier alpha value is -3.12. The van der Waals surface area contributed by atoms with Gasteiger partial charge in [0.15, 0.2) is 0 Å². The highest BCUT2D eigenvalue weighted by Gasteiger charge is 2.02. The van der Waals surface area contributed by atoms with Gasteiger partial charge in [-0.15, -0.1) is 0 Å². The molecule has 0 fully saturated rings. The molecule has 0 aliphatic rings. The van der Waals surface area contributed by atoms with E-state index in [-0.39, 0.29) is 5.71 Å². The summed E-state index contributed by atoms with van der Waals surface area (Å²) in [7, 11) is 1.85. The second-order valence-electron chi connectivity index (χ2n) is 3.75. The van der Waals surface area contributed by atoms with Gasteiger partial charge in [-0.1, -0.05) is 12.1 Å².